The van der Waals surface area contributed by atoms with E-state index in [9.17, 15) is 4.79 Å². The van der Waals surface area contributed by atoms with E-state index in [0.717, 1.165) is 57.6 Å². The first kappa shape index (κ1) is 21.1. The van der Waals surface area contributed by atoms with Gasteiger partial charge in [0.05, 0.1) is 0 Å². The zero-order chi connectivity index (χ0) is 21.8. The number of rotatable bonds is 7. The molecule has 2 atom stereocenters. The fourth-order valence-electron chi connectivity index (χ4n) is 4.64. The molecule has 0 bridgehead atoms. The van der Waals surface area contributed by atoms with Gasteiger partial charge in [-0.15, -0.1) is 0 Å². The van der Waals surface area contributed by atoms with Crippen molar-refractivity contribution in [1.29, 1.82) is 0 Å². The minimum Gasteiger partial charge on any atom is -0.356 e. The molecule has 1 aromatic carbocycles. The Morgan fingerprint density at radius 3 is 2.50 bits per heavy atom. The number of anilines is 2. The lowest BCUT2D eigenvalue weighted by Gasteiger charge is -2.33. The van der Waals surface area contributed by atoms with Gasteiger partial charge in [0.15, 0.2) is 0 Å². The van der Waals surface area contributed by atoms with Crippen molar-refractivity contribution in [2.75, 3.05) is 30.3 Å². The molecule has 1 aromatic heterocycles. The van der Waals surface area contributed by atoms with Gasteiger partial charge in [-0.3, -0.25) is 9.69 Å². The summed E-state index contributed by atoms with van der Waals surface area (Å²) in [6, 6.07) is 11.2. The predicted octanol–water partition coefficient (Wildman–Crippen LogP) is 2.91. The fourth-order valence-corrected chi connectivity index (χ4v) is 4.64. The topological polar surface area (TPSA) is 95.1 Å². The minimum atomic E-state index is 0.128. The third-order valence-corrected chi connectivity index (χ3v) is 6.55. The van der Waals surface area contributed by atoms with Crippen LogP contribution in [0.1, 0.15) is 62.3 Å². The summed E-state index contributed by atoms with van der Waals surface area (Å²) in [7, 11) is 0. The Kier molecular flexibility index (Phi) is 6.48. The zero-order valence-electron chi connectivity index (χ0n) is 18.6. The van der Waals surface area contributed by atoms with Crippen molar-refractivity contribution in [2.45, 2.75) is 69.5 Å². The van der Waals surface area contributed by atoms with Crippen LogP contribution in [0, 0.1) is 0 Å². The van der Waals surface area contributed by atoms with Crippen LogP contribution in [0.2, 0.25) is 0 Å². The third-order valence-electron chi connectivity index (χ3n) is 6.55. The number of hydrogen-bond acceptors (Lipinski definition) is 7. The minimum absolute atomic E-state index is 0.128. The fraction of sp³-hybridized carbons (Fsp3) is 0.583. The normalized spacial score (nSPS) is 24.4. The lowest BCUT2D eigenvalue weighted by Crippen LogP contribution is -2.42. The first-order valence-electron chi connectivity index (χ1n) is 12.0. The van der Waals surface area contributed by atoms with E-state index in [2.05, 4.69) is 51.2 Å². The van der Waals surface area contributed by atoms with Crippen molar-refractivity contribution in [3.05, 3.63) is 41.7 Å². The summed E-state index contributed by atoms with van der Waals surface area (Å²) in [5.41, 5.74) is 1.35. The van der Waals surface area contributed by atoms with E-state index in [1.54, 1.807) is 0 Å². The molecular weight excluding hydrogens is 402 g/mol. The van der Waals surface area contributed by atoms with Crippen LogP contribution in [0.3, 0.4) is 0 Å². The van der Waals surface area contributed by atoms with Gasteiger partial charge in [0.25, 0.3) is 0 Å². The van der Waals surface area contributed by atoms with Crippen molar-refractivity contribution in [1.82, 2.24) is 25.2 Å². The summed E-state index contributed by atoms with van der Waals surface area (Å²) < 4.78 is 0. The number of nitrogens with zero attached hydrogens (tertiary/aromatic N) is 4. The van der Waals surface area contributed by atoms with Crippen molar-refractivity contribution in [3.8, 4) is 0 Å². The number of nitrogens with one attached hydrogen (secondary N) is 3. The number of aromatic nitrogens is 3. The van der Waals surface area contributed by atoms with Gasteiger partial charge in [0, 0.05) is 44.1 Å². The molecule has 1 saturated carbocycles. The van der Waals surface area contributed by atoms with Gasteiger partial charge in [-0.25, -0.2) is 0 Å². The second kappa shape index (κ2) is 9.81. The monoisotopic (exact) mass is 435 g/mol. The highest BCUT2D eigenvalue weighted by molar-refractivity contribution is 5.76. The quantitative estimate of drug-likeness (QED) is 0.615. The molecular formula is C24H33N7O. The van der Waals surface area contributed by atoms with Gasteiger partial charge in [0.2, 0.25) is 17.8 Å². The molecule has 2 aromatic rings. The van der Waals surface area contributed by atoms with Gasteiger partial charge >= 0.3 is 0 Å². The summed E-state index contributed by atoms with van der Waals surface area (Å²) in [5.74, 6) is 2.80. The van der Waals surface area contributed by atoms with Crippen LogP contribution >= 0.6 is 0 Å². The number of carbonyl (C=O) groups is 1. The molecule has 3 heterocycles. The van der Waals surface area contributed by atoms with Crippen LogP contribution in [0.5, 0.6) is 0 Å². The molecule has 1 unspecified atom stereocenters. The molecule has 2 saturated heterocycles. The molecule has 1 aliphatic carbocycles. The van der Waals surface area contributed by atoms with E-state index in [-0.39, 0.29) is 11.9 Å². The molecule has 32 heavy (non-hydrogen) atoms. The largest absolute Gasteiger partial charge is 0.356 e. The van der Waals surface area contributed by atoms with Crippen molar-refractivity contribution >= 4 is 17.8 Å². The van der Waals surface area contributed by atoms with Crippen molar-refractivity contribution in [3.63, 3.8) is 0 Å². The van der Waals surface area contributed by atoms with E-state index in [0.29, 0.717) is 36.8 Å². The summed E-state index contributed by atoms with van der Waals surface area (Å²) in [5, 5.41) is 10.0. The van der Waals surface area contributed by atoms with Gasteiger partial charge in [-0.1, -0.05) is 30.3 Å². The lowest BCUT2D eigenvalue weighted by atomic mass is 10.0. The van der Waals surface area contributed by atoms with Crippen LogP contribution in [0.4, 0.5) is 11.9 Å². The van der Waals surface area contributed by atoms with Crippen LogP contribution in [-0.4, -0.2) is 57.5 Å². The van der Waals surface area contributed by atoms with Gasteiger partial charge in [-0.05, 0) is 50.6 Å². The average Bonchev–Trinajstić information content (AvgIpc) is 3.64. The van der Waals surface area contributed by atoms with Crippen LogP contribution in [0.25, 0.3) is 0 Å². The molecule has 170 valence electrons. The third kappa shape index (κ3) is 5.73. The first-order chi connectivity index (χ1) is 15.7. The van der Waals surface area contributed by atoms with Crippen LogP contribution < -0.4 is 16.0 Å². The second-order valence-corrected chi connectivity index (χ2v) is 9.34. The van der Waals surface area contributed by atoms with Crippen LogP contribution in [0.15, 0.2) is 30.3 Å². The molecule has 2 aliphatic heterocycles. The Balaban J connectivity index is 1.25. The lowest BCUT2D eigenvalue weighted by molar-refractivity contribution is -0.120. The standard InChI is InChI=1S/C24H33N7O/c32-21-11-10-19(12-13-25-21)26-23-28-22(18-8-9-18)29-24(30-23)27-20-7-4-14-31(16-20)15-17-5-2-1-3-6-17/h1-3,5-6,18-20H,4,7-16H2,(H,25,32)(H2,26,27,28,29,30)/t19?,20-/m1/s1. The average molecular weight is 436 g/mol. The first-order valence-corrected chi connectivity index (χ1v) is 12.0. The maximum absolute atomic E-state index is 11.7. The highest BCUT2D eigenvalue weighted by Gasteiger charge is 2.29. The number of likely N-dealkylation sites (tertiary alicyclic amines) is 1. The Morgan fingerprint density at radius 1 is 0.938 bits per heavy atom. The molecule has 3 N–H and O–H groups in total. The highest BCUT2D eigenvalue weighted by atomic mass is 16.1. The van der Waals surface area contributed by atoms with E-state index in [1.807, 2.05) is 0 Å². The smallest absolute Gasteiger partial charge is 0.228 e. The second-order valence-electron chi connectivity index (χ2n) is 9.34. The molecule has 8 heteroatoms. The van der Waals surface area contributed by atoms with Crippen molar-refractivity contribution < 1.29 is 4.79 Å². The number of piperidine rings is 1. The van der Waals surface area contributed by atoms with Gasteiger partial charge in [0.1, 0.15) is 5.82 Å². The van der Waals surface area contributed by atoms with Gasteiger partial charge < -0.3 is 16.0 Å². The Labute approximate surface area is 189 Å². The van der Waals surface area contributed by atoms with E-state index in [1.165, 1.54) is 12.0 Å². The zero-order valence-corrected chi connectivity index (χ0v) is 18.6. The number of benzene rings is 1. The Bertz CT molecular complexity index is 918. The van der Waals surface area contributed by atoms with E-state index < -0.39 is 0 Å². The SMILES string of the molecule is O=C1CCC(Nc2nc(N[C@@H]3CCCN(Cc4ccccc4)C3)nc(C3CC3)n2)CCN1. The van der Waals surface area contributed by atoms with Crippen LogP contribution in [-0.2, 0) is 11.3 Å². The molecule has 1 amide bonds. The summed E-state index contributed by atoms with van der Waals surface area (Å²) >= 11 is 0. The summed E-state index contributed by atoms with van der Waals surface area (Å²) in [6.45, 7) is 3.78. The Hall–Kier alpha value is -2.74. The highest BCUT2D eigenvalue weighted by Crippen LogP contribution is 2.38. The summed E-state index contributed by atoms with van der Waals surface area (Å²) in [6.07, 6.45) is 6.82. The van der Waals surface area contributed by atoms with Gasteiger partial charge in [-0.2, -0.15) is 15.0 Å². The molecule has 0 spiro atoms. The Morgan fingerprint density at radius 2 is 1.72 bits per heavy atom. The molecule has 5 rings (SSSR count). The summed E-state index contributed by atoms with van der Waals surface area (Å²) in [4.78, 5) is 28.4. The predicted molar refractivity (Wildman–Crippen MR) is 124 cm³/mol. The molecule has 0 radical (unpaired) electrons. The number of carbonyl (C=O) groups excluding carboxylic acids is 1. The number of amides is 1. The number of hydrogen-bond donors (Lipinski definition) is 3. The molecule has 3 aliphatic rings. The molecule has 8 nitrogen and oxygen atoms in total. The maximum atomic E-state index is 11.7. The maximum Gasteiger partial charge on any atom is 0.228 e. The molecule has 3 fully saturated rings. The van der Waals surface area contributed by atoms with E-state index in [4.69, 9.17) is 15.0 Å². The van der Waals surface area contributed by atoms with E-state index >= 15 is 0 Å². The van der Waals surface area contributed by atoms with Crippen molar-refractivity contribution in [2.24, 2.45) is 0 Å².